The van der Waals surface area contributed by atoms with Crippen molar-refractivity contribution in [3.05, 3.63) is 107 Å². The molecule has 0 unspecified atom stereocenters. The molecule has 0 saturated heterocycles. The molecular weight excluding hydrogens is 849 g/mol. The lowest BCUT2D eigenvalue weighted by Gasteiger charge is -2.27. The average Bonchev–Trinajstić information content (AvgIpc) is 3.29. The number of pyridine rings is 1. The van der Waals surface area contributed by atoms with Gasteiger partial charge < -0.3 is 44.4 Å². The largest absolute Gasteiger partial charge is 0.443 e. The summed E-state index contributed by atoms with van der Waals surface area (Å²) in [7, 11) is 0. The fraction of sp³-hybridized carbons (Fsp3) is 0.479. The summed E-state index contributed by atoms with van der Waals surface area (Å²) in [6.45, 7) is 11.4. The smallest absolute Gasteiger partial charge is 0.416 e. The number of anilines is 1. The van der Waals surface area contributed by atoms with Crippen LogP contribution in [0.15, 0.2) is 90.2 Å². The topological polar surface area (TPSA) is 225 Å². The molecule has 1 heterocycles. The Labute approximate surface area is 386 Å². The summed E-state index contributed by atoms with van der Waals surface area (Å²) in [4.78, 5) is 60.9. The zero-order valence-corrected chi connectivity index (χ0v) is 38.5. The van der Waals surface area contributed by atoms with Crippen LogP contribution < -0.4 is 20.9 Å². The highest BCUT2D eigenvalue weighted by Gasteiger charge is 2.25. The second-order valence-electron chi connectivity index (χ2n) is 16.0. The Morgan fingerprint density at radius 2 is 1.39 bits per heavy atom. The molecule has 0 aliphatic rings. The summed E-state index contributed by atoms with van der Waals surface area (Å²) in [5.74, 6) is -0.721. The zero-order valence-electron chi connectivity index (χ0n) is 38.5. The highest BCUT2D eigenvalue weighted by Crippen LogP contribution is 2.30. The van der Waals surface area contributed by atoms with Gasteiger partial charge >= 0.3 is 6.09 Å². The predicted molar refractivity (Wildman–Crippen MR) is 251 cm³/mol. The third-order valence-corrected chi connectivity index (χ3v) is 9.62. The molecular formula is C48H64N8O10. The van der Waals surface area contributed by atoms with E-state index in [4.69, 9.17) is 34.0 Å². The fourth-order valence-electron chi connectivity index (χ4n) is 6.47. The summed E-state index contributed by atoms with van der Waals surface area (Å²) in [5.41, 5.74) is 11.2. The molecule has 356 valence electrons. The van der Waals surface area contributed by atoms with Gasteiger partial charge in [0.2, 0.25) is 17.7 Å². The van der Waals surface area contributed by atoms with E-state index in [0.717, 1.165) is 33.0 Å². The van der Waals surface area contributed by atoms with Gasteiger partial charge in [0.25, 0.3) is 0 Å². The molecule has 3 aromatic carbocycles. The first-order valence-corrected chi connectivity index (χ1v) is 22.2. The van der Waals surface area contributed by atoms with Crippen LogP contribution in [0.25, 0.3) is 32.3 Å². The van der Waals surface area contributed by atoms with Crippen molar-refractivity contribution >= 4 is 40.4 Å². The second kappa shape index (κ2) is 29.4. The van der Waals surface area contributed by atoms with Gasteiger partial charge in [0.1, 0.15) is 11.4 Å². The van der Waals surface area contributed by atoms with Crippen LogP contribution >= 0.6 is 0 Å². The summed E-state index contributed by atoms with van der Waals surface area (Å²) in [5, 5.41) is 14.1. The number of ether oxygens (including phenoxy) is 6. The fourth-order valence-corrected chi connectivity index (χ4v) is 6.47. The first kappa shape index (κ1) is 52.5. The van der Waals surface area contributed by atoms with Crippen molar-refractivity contribution in [2.45, 2.75) is 58.6 Å². The molecule has 0 fully saturated rings. The molecule has 18 nitrogen and oxygen atoms in total. The van der Waals surface area contributed by atoms with Gasteiger partial charge in [-0.25, -0.2) is 9.78 Å². The lowest BCUT2D eigenvalue weighted by Crippen LogP contribution is -2.41. The Morgan fingerprint density at radius 1 is 0.758 bits per heavy atom. The van der Waals surface area contributed by atoms with Crippen molar-refractivity contribution in [2.75, 3.05) is 97.1 Å². The lowest BCUT2D eigenvalue weighted by molar-refractivity contribution is -0.127. The van der Waals surface area contributed by atoms with Crippen LogP contribution in [0.5, 0.6) is 0 Å². The molecule has 1 aromatic heterocycles. The van der Waals surface area contributed by atoms with E-state index in [2.05, 4.69) is 55.2 Å². The van der Waals surface area contributed by atoms with Crippen molar-refractivity contribution < 1.29 is 47.6 Å². The number of nitrogens with one attached hydrogen (secondary N) is 3. The second-order valence-corrected chi connectivity index (χ2v) is 16.0. The minimum atomic E-state index is -0.725. The minimum absolute atomic E-state index is 0.0420. The zero-order chi connectivity index (χ0) is 47.4. The number of aryl methyl sites for hydroxylation is 1. The van der Waals surface area contributed by atoms with Crippen LogP contribution in [-0.2, 0) is 42.8 Å². The maximum atomic E-state index is 13.3. The number of azide groups is 1. The number of hydrogen-bond acceptors (Lipinski definition) is 12. The first-order chi connectivity index (χ1) is 31.9. The van der Waals surface area contributed by atoms with Crippen LogP contribution in [0.3, 0.4) is 0 Å². The quantitative estimate of drug-likeness (QED) is 0.0219. The van der Waals surface area contributed by atoms with Crippen LogP contribution in [0.1, 0.15) is 57.2 Å². The Kier molecular flexibility index (Phi) is 23.4. The van der Waals surface area contributed by atoms with Crippen LogP contribution in [0.2, 0.25) is 0 Å². The van der Waals surface area contributed by atoms with Crippen LogP contribution in [-0.4, -0.2) is 127 Å². The third-order valence-electron chi connectivity index (χ3n) is 9.62. The molecule has 0 bridgehead atoms. The van der Waals surface area contributed by atoms with E-state index in [9.17, 15) is 19.2 Å². The maximum absolute atomic E-state index is 13.3. The predicted octanol–water partition coefficient (Wildman–Crippen LogP) is 6.61. The van der Waals surface area contributed by atoms with E-state index in [-0.39, 0.29) is 50.9 Å². The average molecular weight is 913 g/mol. The molecule has 4 amide bonds. The standard InChI is InChI=1S/C48H64N8O10/c1-36-18-19-50-43(33-36)56(47(60)66-48(2,3)4)22-8-13-44(57)52-35-46(59)54-42(39-16-14-38(15-17-39)41-12-7-10-37-9-5-6-11-40(37)41)34-45(58)51-20-23-61-25-27-63-29-31-65-32-30-64-28-26-62-24-21-53-55-49/h5-7,9-12,14-19,33,42H,8,13,20-32,34-35H2,1-4H3,(H,51,58)(H,52,57)(H,54,59)/t42-/m0/s1. The third kappa shape index (κ3) is 20.4. The summed E-state index contributed by atoms with van der Waals surface area (Å²) < 4.78 is 32.9. The summed E-state index contributed by atoms with van der Waals surface area (Å²) in [6, 6.07) is 24.9. The van der Waals surface area contributed by atoms with E-state index >= 15 is 0 Å². The molecule has 4 aromatic rings. The molecule has 18 heteroatoms. The lowest BCUT2D eigenvalue weighted by atomic mass is 9.95. The van der Waals surface area contributed by atoms with E-state index in [1.807, 2.05) is 55.5 Å². The van der Waals surface area contributed by atoms with Gasteiger partial charge in [0.05, 0.1) is 85.1 Å². The number of fused-ring (bicyclic) bond motifs is 1. The van der Waals surface area contributed by atoms with E-state index in [1.165, 1.54) is 4.90 Å². The van der Waals surface area contributed by atoms with E-state index < -0.39 is 23.6 Å². The van der Waals surface area contributed by atoms with Gasteiger partial charge in [0, 0.05) is 37.2 Å². The minimum Gasteiger partial charge on any atom is -0.443 e. The Balaban J connectivity index is 1.22. The number of aromatic nitrogens is 1. The SMILES string of the molecule is Cc1ccnc(N(CCCC(=O)NCC(=O)N[C@@H](CC(=O)NCCOCCOCCOCCOCCOCCN=[N+]=[N-])c2ccc(-c3cccc4ccccc34)cc2)C(=O)OC(C)(C)C)c1. The number of benzene rings is 3. The Hall–Kier alpha value is -6.14. The molecule has 3 N–H and O–H groups in total. The van der Waals surface area contributed by atoms with Crippen LogP contribution in [0.4, 0.5) is 10.6 Å². The number of carbonyl (C=O) groups is 4. The maximum Gasteiger partial charge on any atom is 0.416 e. The van der Waals surface area contributed by atoms with Crippen molar-refractivity contribution in [1.82, 2.24) is 20.9 Å². The van der Waals surface area contributed by atoms with Crippen molar-refractivity contribution in [3.63, 3.8) is 0 Å². The van der Waals surface area contributed by atoms with E-state index in [0.29, 0.717) is 78.2 Å². The highest BCUT2D eigenvalue weighted by molar-refractivity contribution is 5.96. The number of nitrogens with zero attached hydrogens (tertiary/aromatic N) is 5. The van der Waals surface area contributed by atoms with Crippen molar-refractivity contribution in [1.29, 1.82) is 0 Å². The van der Waals surface area contributed by atoms with Gasteiger partial charge in [-0.3, -0.25) is 19.3 Å². The molecule has 0 spiro atoms. The molecule has 0 aliphatic heterocycles. The summed E-state index contributed by atoms with van der Waals surface area (Å²) in [6.07, 6.45) is 1.31. The number of rotatable bonds is 30. The number of hydrogen-bond donors (Lipinski definition) is 3. The van der Waals surface area contributed by atoms with Crippen LogP contribution in [0, 0.1) is 6.92 Å². The molecule has 0 radical (unpaired) electrons. The van der Waals surface area contributed by atoms with Gasteiger partial charge in [0.15, 0.2) is 0 Å². The molecule has 0 saturated carbocycles. The van der Waals surface area contributed by atoms with Gasteiger partial charge in [-0.2, -0.15) is 0 Å². The monoisotopic (exact) mass is 912 g/mol. The Morgan fingerprint density at radius 3 is 2.05 bits per heavy atom. The Bertz CT molecular complexity index is 2160. The van der Waals surface area contributed by atoms with Gasteiger partial charge in [-0.1, -0.05) is 71.8 Å². The molecule has 1 atom stereocenters. The normalized spacial score (nSPS) is 11.6. The molecule has 66 heavy (non-hydrogen) atoms. The first-order valence-electron chi connectivity index (χ1n) is 22.2. The molecule has 0 aliphatic carbocycles. The summed E-state index contributed by atoms with van der Waals surface area (Å²) >= 11 is 0. The van der Waals surface area contributed by atoms with E-state index in [1.54, 1.807) is 33.0 Å². The number of carbonyl (C=O) groups excluding carboxylic acids is 4. The highest BCUT2D eigenvalue weighted by atomic mass is 16.6. The van der Waals surface area contributed by atoms with Crippen molar-refractivity contribution in [2.24, 2.45) is 5.11 Å². The van der Waals surface area contributed by atoms with Gasteiger partial charge in [-0.05, 0) is 84.8 Å². The molecule has 4 rings (SSSR count). The van der Waals surface area contributed by atoms with Crippen molar-refractivity contribution in [3.8, 4) is 11.1 Å². The van der Waals surface area contributed by atoms with Gasteiger partial charge in [-0.15, -0.1) is 0 Å². The number of amides is 4.